The van der Waals surface area contributed by atoms with E-state index in [-0.39, 0.29) is 24.3 Å². The van der Waals surface area contributed by atoms with E-state index < -0.39 is 23.6 Å². The molecule has 224 valence electrons. The van der Waals surface area contributed by atoms with E-state index in [0.717, 1.165) is 27.3 Å². The molecule has 9 nitrogen and oxygen atoms in total. The third kappa shape index (κ3) is 6.03. The molecule has 1 N–H and O–H groups in total. The quantitative estimate of drug-likeness (QED) is 0.142. The molecule has 0 aliphatic rings. The SMILES string of the molecule is CCC(=O)N(NC(=O)c1cc(-c2ccccc2OC)cc(-c2ccccc2OC)c1)[C@@H](CC)C(=O)c1nc2ccccc2o1. The summed E-state index contributed by atoms with van der Waals surface area (Å²) < 4.78 is 16.9. The molecule has 1 aromatic heterocycles. The molecule has 0 saturated heterocycles. The van der Waals surface area contributed by atoms with Crippen LogP contribution >= 0.6 is 0 Å². The summed E-state index contributed by atoms with van der Waals surface area (Å²) >= 11 is 0. The van der Waals surface area contributed by atoms with Crippen LogP contribution in [-0.2, 0) is 4.79 Å². The minimum Gasteiger partial charge on any atom is -0.496 e. The molecule has 0 spiro atoms. The third-order valence-electron chi connectivity index (χ3n) is 7.33. The van der Waals surface area contributed by atoms with Gasteiger partial charge in [-0.2, -0.15) is 0 Å². The van der Waals surface area contributed by atoms with Crippen molar-refractivity contribution in [1.29, 1.82) is 0 Å². The highest BCUT2D eigenvalue weighted by molar-refractivity contribution is 6.02. The normalized spacial score (nSPS) is 11.5. The highest BCUT2D eigenvalue weighted by atomic mass is 16.5. The average molecular weight is 592 g/mol. The van der Waals surface area contributed by atoms with Crippen LogP contribution in [0.1, 0.15) is 47.7 Å². The molecule has 0 aliphatic heterocycles. The zero-order chi connectivity index (χ0) is 31.2. The Kier molecular flexibility index (Phi) is 9.04. The summed E-state index contributed by atoms with van der Waals surface area (Å²) in [6, 6.07) is 26.4. The van der Waals surface area contributed by atoms with Gasteiger partial charge in [0.1, 0.15) is 23.1 Å². The summed E-state index contributed by atoms with van der Waals surface area (Å²) in [4.78, 5) is 45.1. The molecule has 5 rings (SSSR count). The Hall–Kier alpha value is -5.44. The predicted octanol–water partition coefficient (Wildman–Crippen LogP) is 6.72. The number of benzene rings is 4. The molecule has 0 bridgehead atoms. The van der Waals surface area contributed by atoms with Gasteiger partial charge in [0, 0.05) is 23.1 Å². The molecule has 0 saturated carbocycles. The number of hydrogen-bond donors (Lipinski definition) is 1. The minimum atomic E-state index is -1.04. The fourth-order valence-corrected chi connectivity index (χ4v) is 5.10. The maximum absolute atomic E-state index is 14.0. The number of hydrogen-bond acceptors (Lipinski definition) is 7. The molecule has 9 heteroatoms. The fraction of sp³-hybridized carbons (Fsp3) is 0.200. The first-order valence-corrected chi connectivity index (χ1v) is 14.3. The Labute approximate surface area is 255 Å². The molecule has 2 amide bonds. The van der Waals surface area contributed by atoms with E-state index in [1.165, 1.54) is 0 Å². The average Bonchev–Trinajstić information content (AvgIpc) is 3.52. The van der Waals surface area contributed by atoms with Crippen LogP contribution in [0.25, 0.3) is 33.4 Å². The maximum atomic E-state index is 14.0. The van der Waals surface area contributed by atoms with Crippen molar-refractivity contribution < 1.29 is 28.3 Å². The van der Waals surface area contributed by atoms with Gasteiger partial charge in [-0.05, 0) is 60.0 Å². The summed E-state index contributed by atoms with van der Waals surface area (Å²) in [5.74, 6) is -0.368. The lowest BCUT2D eigenvalue weighted by atomic mass is 9.95. The number of oxazole rings is 1. The van der Waals surface area contributed by atoms with Crippen LogP contribution in [-0.4, -0.2) is 47.9 Å². The van der Waals surface area contributed by atoms with Crippen LogP contribution in [0.4, 0.5) is 0 Å². The summed E-state index contributed by atoms with van der Waals surface area (Å²) in [5, 5.41) is 1.10. The number of amides is 2. The van der Waals surface area contributed by atoms with E-state index >= 15 is 0 Å². The first-order valence-electron chi connectivity index (χ1n) is 14.3. The number of fused-ring (bicyclic) bond motifs is 1. The summed E-state index contributed by atoms with van der Waals surface area (Å²) in [5.41, 5.74) is 6.98. The first-order chi connectivity index (χ1) is 21.4. The smallest absolute Gasteiger partial charge is 0.269 e. The van der Waals surface area contributed by atoms with Crippen LogP contribution in [0.15, 0.2) is 95.4 Å². The zero-order valence-electron chi connectivity index (χ0n) is 25.0. The molecule has 0 aliphatic carbocycles. The minimum absolute atomic E-state index is 0.0609. The number of hydrazine groups is 1. The topological polar surface area (TPSA) is 111 Å². The van der Waals surface area contributed by atoms with E-state index in [2.05, 4.69) is 10.4 Å². The Balaban J connectivity index is 1.55. The van der Waals surface area contributed by atoms with Crippen LogP contribution in [0.2, 0.25) is 0 Å². The lowest BCUT2D eigenvalue weighted by Gasteiger charge is -2.29. The van der Waals surface area contributed by atoms with Gasteiger partial charge in [-0.1, -0.05) is 62.4 Å². The van der Waals surface area contributed by atoms with Gasteiger partial charge in [0.2, 0.25) is 11.7 Å². The Morgan fingerprint density at radius 2 is 1.39 bits per heavy atom. The number of carbonyl (C=O) groups excluding carboxylic acids is 3. The highest BCUT2D eigenvalue weighted by Crippen LogP contribution is 2.36. The second-order valence-electron chi connectivity index (χ2n) is 10.0. The predicted molar refractivity (Wildman–Crippen MR) is 167 cm³/mol. The monoisotopic (exact) mass is 591 g/mol. The van der Waals surface area contributed by atoms with Crippen molar-refractivity contribution in [3.05, 3.63) is 102 Å². The van der Waals surface area contributed by atoms with Crippen LogP contribution in [0.5, 0.6) is 11.5 Å². The number of ether oxygens (including phenoxy) is 2. The van der Waals surface area contributed by atoms with E-state index in [1.54, 1.807) is 64.5 Å². The van der Waals surface area contributed by atoms with E-state index in [9.17, 15) is 14.4 Å². The van der Waals surface area contributed by atoms with Crippen molar-refractivity contribution in [2.75, 3.05) is 14.2 Å². The summed E-state index contributed by atoms with van der Waals surface area (Å²) in [6.07, 6.45) is 0.280. The van der Waals surface area contributed by atoms with Crippen LogP contribution < -0.4 is 14.9 Å². The van der Waals surface area contributed by atoms with Gasteiger partial charge >= 0.3 is 0 Å². The molecule has 1 heterocycles. The van der Waals surface area contributed by atoms with Crippen molar-refractivity contribution >= 4 is 28.7 Å². The Morgan fingerprint density at radius 1 is 0.818 bits per heavy atom. The molecule has 0 radical (unpaired) electrons. The largest absolute Gasteiger partial charge is 0.496 e. The number of aromatic nitrogens is 1. The number of para-hydroxylation sites is 4. The zero-order valence-corrected chi connectivity index (χ0v) is 25.0. The first kappa shape index (κ1) is 30.0. The fourth-order valence-electron chi connectivity index (χ4n) is 5.10. The van der Waals surface area contributed by atoms with Crippen molar-refractivity contribution in [2.45, 2.75) is 32.7 Å². The van der Waals surface area contributed by atoms with Crippen molar-refractivity contribution in [3.8, 4) is 33.8 Å². The van der Waals surface area contributed by atoms with Gasteiger partial charge in [-0.25, -0.2) is 9.99 Å². The molecule has 1 atom stereocenters. The second-order valence-corrected chi connectivity index (χ2v) is 10.0. The number of methoxy groups -OCH3 is 2. The molecular weight excluding hydrogens is 558 g/mol. The molecule has 4 aromatic carbocycles. The molecule has 0 fully saturated rings. The van der Waals surface area contributed by atoms with Crippen molar-refractivity contribution in [2.24, 2.45) is 0 Å². The van der Waals surface area contributed by atoms with Crippen molar-refractivity contribution in [3.63, 3.8) is 0 Å². The van der Waals surface area contributed by atoms with Crippen molar-refractivity contribution in [1.82, 2.24) is 15.4 Å². The number of nitrogens with zero attached hydrogens (tertiary/aromatic N) is 2. The number of Topliss-reactive ketones (excluding diaryl/α,β-unsaturated/α-hetero) is 1. The third-order valence-corrected chi connectivity index (χ3v) is 7.33. The van der Waals surface area contributed by atoms with E-state index in [4.69, 9.17) is 13.9 Å². The van der Waals surface area contributed by atoms with Gasteiger partial charge in [-0.3, -0.25) is 19.8 Å². The van der Waals surface area contributed by atoms with Gasteiger partial charge < -0.3 is 13.9 Å². The van der Waals surface area contributed by atoms with E-state index in [0.29, 0.717) is 22.6 Å². The maximum Gasteiger partial charge on any atom is 0.269 e. The Bertz CT molecular complexity index is 1730. The van der Waals surface area contributed by atoms with Crippen LogP contribution in [0.3, 0.4) is 0 Å². The number of nitrogens with one attached hydrogen (secondary N) is 1. The van der Waals surface area contributed by atoms with E-state index in [1.807, 2.05) is 54.6 Å². The van der Waals surface area contributed by atoms with Crippen LogP contribution in [0, 0.1) is 0 Å². The summed E-state index contributed by atoms with van der Waals surface area (Å²) in [7, 11) is 3.17. The van der Waals surface area contributed by atoms with Gasteiger partial charge in [0.15, 0.2) is 5.58 Å². The van der Waals surface area contributed by atoms with Gasteiger partial charge in [0.05, 0.1) is 14.2 Å². The van der Waals surface area contributed by atoms with Gasteiger partial charge in [0.25, 0.3) is 11.8 Å². The Morgan fingerprint density at radius 3 is 1.93 bits per heavy atom. The number of carbonyl (C=O) groups is 3. The highest BCUT2D eigenvalue weighted by Gasteiger charge is 2.33. The summed E-state index contributed by atoms with van der Waals surface area (Å²) in [6.45, 7) is 3.43. The standard InChI is InChI=1S/C35H33N3O6/c1-5-28(33(40)35-36-27-15-9-12-18-31(27)44-35)38(32(39)6-2)37-34(41)24-20-22(25-13-7-10-16-29(25)42-3)19-23(21-24)26-14-8-11-17-30(26)43-4/h7-21,28H,5-6H2,1-4H3,(H,37,41)/t28-/m0/s1. The molecule has 44 heavy (non-hydrogen) atoms. The number of rotatable bonds is 10. The molecule has 5 aromatic rings. The lowest BCUT2D eigenvalue weighted by Crippen LogP contribution is -2.54. The lowest BCUT2D eigenvalue weighted by molar-refractivity contribution is -0.135. The second kappa shape index (κ2) is 13.2. The van der Waals surface area contributed by atoms with Gasteiger partial charge in [-0.15, -0.1) is 0 Å². The molecular formula is C35H33N3O6. The number of ketones is 1. The molecule has 0 unspecified atom stereocenters.